The average molecular weight is 326 g/mol. The van der Waals surface area contributed by atoms with Crippen molar-refractivity contribution >= 4 is 11.8 Å². The fraction of sp³-hybridized carbons (Fsp3) is 0.333. The lowest BCUT2D eigenvalue weighted by molar-refractivity contribution is 0.145. The van der Waals surface area contributed by atoms with Gasteiger partial charge >= 0.3 is 6.03 Å². The van der Waals surface area contributed by atoms with Crippen LogP contribution in [0.15, 0.2) is 42.6 Å². The minimum atomic E-state index is -0.681. The minimum absolute atomic E-state index is 0.327. The van der Waals surface area contributed by atoms with E-state index in [1.54, 1.807) is 6.20 Å². The molecule has 2 amide bonds. The van der Waals surface area contributed by atoms with Gasteiger partial charge in [-0.05, 0) is 49.3 Å². The van der Waals surface area contributed by atoms with Crippen molar-refractivity contribution < 1.29 is 9.90 Å². The first-order chi connectivity index (χ1) is 11.5. The van der Waals surface area contributed by atoms with Gasteiger partial charge in [0, 0.05) is 12.7 Å². The monoisotopic (exact) mass is 326 g/mol. The first kappa shape index (κ1) is 16.4. The van der Waals surface area contributed by atoms with E-state index in [0.717, 1.165) is 23.2 Å². The van der Waals surface area contributed by atoms with Crippen LogP contribution in [-0.4, -0.2) is 41.2 Å². The van der Waals surface area contributed by atoms with Crippen LogP contribution < -0.4 is 10.6 Å². The fourth-order valence-electron chi connectivity index (χ4n) is 3.03. The number of pyridine rings is 1. The molecule has 0 unspecified atom stereocenters. The highest BCUT2D eigenvalue weighted by Gasteiger charge is 2.31. The van der Waals surface area contributed by atoms with Gasteiger partial charge in [0.15, 0.2) is 0 Å². The molecule has 6 heteroatoms. The highest BCUT2D eigenvalue weighted by molar-refractivity contribution is 5.88. The number of rotatable bonds is 4. The molecule has 0 radical (unpaired) electrons. The van der Waals surface area contributed by atoms with Crippen LogP contribution in [0.5, 0.6) is 0 Å². The number of aliphatic hydroxyl groups is 1. The number of amides is 2. The van der Waals surface area contributed by atoms with E-state index in [1.807, 2.05) is 55.4 Å². The van der Waals surface area contributed by atoms with E-state index >= 15 is 0 Å². The molecule has 6 nitrogen and oxygen atoms in total. The molecule has 0 saturated carbocycles. The molecule has 0 saturated heterocycles. The lowest BCUT2D eigenvalue weighted by Crippen LogP contribution is -2.40. The molecule has 24 heavy (non-hydrogen) atoms. The third-order valence-corrected chi connectivity index (χ3v) is 4.08. The molecule has 1 aliphatic rings. The van der Waals surface area contributed by atoms with Gasteiger partial charge in [-0.25, -0.2) is 9.78 Å². The molecule has 0 bridgehead atoms. The Morgan fingerprint density at radius 1 is 1.33 bits per heavy atom. The van der Waals surface area contributed by atoms with E-state index in [4.69, 9.17) is 0 Å². The number of carbonyl (C=O) groups is 1. The number of aliphatic hydroxyl groups excluding tert-OH is 1. The topological polar surface area (TPSA) is 77.5 Å². The van der Waals surface area contributed by atoms with E-state index in [1.165, 1.54) is 0 Å². The Morgan fingerprint density at radius 3 is 2.88 bits per heavy atom. The first-order valence-electron chi connectivity index (χ1n) is 7.96. The number of urea groups is 1. The summed E-state index contributed by atoms with van der Waals surface area (Å²) in [7, 11) is 3.97. The number of anilines is 1. The van der Waals surface area contributed by atoms with Gasteiger partial charge < -0.3 is 15.3 Å². The van der Waals surface area contributed by atoms with Gasteiger partial charge in [-0.3, -0.25) is 5.32 Å². The van der Waals surface area contributed by atoms with Gasteiger partial charge in [0.25, 0.3) is 0 Å². The highest BCUT2D eigenvalue weighted by atomic mass is 16.3. The van der Waals surface area contributed by atoms with Crippen LogP contribution in [0, 0.1) is 0 Å². The number of nitrogens with one attached hydrogen (secondary N) is 2. The van der Waals surface area contributed by atoms with Crippen LogP contribution in [0.1, 0.15) is 22.8 Å². The van der Waals surface area contributed by atoms with Gasteiger partial charge in [0.2, 0.25) is 0 Å². The molecule has 2 atom stereocenters. The van der Waals surface area contributed by atoms with E-state index < -0.39 is 6.10 Å². The number of aromatic nitrogens is 1. The fourth-order valence-corrected chi connectivity index (χ4v) is 3.03. The summed E-state index contributed by atoms with van der Waals surface area (Å²) < 4.78 is 0. The number of hydrogen-bond acceptors (Lipinski definition) is 4. The molecular weight excluding hydrogens is 304 g/mol. The molecule has 0 fully saturated rings. The van der Waals surface area contributed by atoms with Crippen molar-refractivity contribution in [1.29, 1.82) is 0 Å². The third-order valence-electron chi connectivity index (χ3n) is 4.08. The summed E-state index contributed by atoms with van der Waals surface area (Å²) in [4.78, 5) is 18.4. The minimum Gasteiger partial charge on any atom is -0.386 e. The van der Waals surface area contributed by atoms with Crippen LogP contribution >= 0.6 is 0 Å². The zero-order valence-corrected chi connectivity index (χ0v) is 13.9. The van der Waals surface area contributed by atoms with Crippen LogP contribution in [0.3, 0.4) is 0 Å². The Labute approximate surface area is 141 Å². The highest BCUT2D eigenvalue weighted by Crippen LogP contribution is 2.30. The number of fused-ring (bicyclic) bond motifs is 1. The number of hydrogen-bond donors (Lipinski definition) is 3. The van der Waals surface area contributed by atoms with Crippen LogP contribution in [0.4, 0.5) is 10.6 Å². The Bertz CT molecular complexity index is 732. The van der Waals surface area contributed by atoms with Gasteiger partial charge in [0.05, 0.1) is 12.1 Å². The van der Waals surface area contributed by atoms with Crippen molar-refractivity contribution in [1.82, 2.24) is 15.2 Å². The normalized spacial score (nSPS) is 19.2. The molecule has 0 aliphatic heterocycles. The SMILES string of the molecule is CN(C)Cc1ccnc(NC(=O)N[C@@H]2Cc3ccccc3[C@H]2O)c1. The van der Waals surface area contributed by atoms with Crippen molar-refractivity contribution in [2.45, 2.75) is 25.1 Å². The summed E-state index contributed by atoms with van der Waals surface area (Å²) in [5.41, 5.74) is 3.02. The van der Waals surface area contributed by atoms with Crippen LogP contribution in [0.2, 0.25) is 0 Å². The second-order valence-electron chi connectivity index (χ2n) is 6.34. The summed E-state index contributed by atoms with van der Waals surface area (Å²) in [5, 5.41) is 15.9. The molecule has 3 rings (SSSR count). The largest absolute Gasteiger partial charge is 0.386 e. The Balaban J connectivity index is 1.61. The lowest BCUT2D eigenvalue weighted by atomic mass is 10.1. The van der Waals surface area contributed by atoms with Crippen LogP contribution in [0.25, 0.3) is 0 Å². The Hall–Kier alpha value is -2.44. The molecule has 1 heterocycles. The second-order valence-corrected chi connectivity index (χ2v) is 6.34. The van der Waals surface area contributed by atoms with Gasteiger partial charge in [-0.2, -0.15) is 0 Å². The van der Waals surface area contributed by atoms with Crippen molar-refractivity contribution in [2.24, 2.45) is 0 Å². The van der Waals surface area contributed by atoms with Gasteiger partial charge in [-0.15, -0.1) is 0 Å². The van der Waals surface area contributed by atoms with Crippen molar-refractivity contribution in [2.75, 3.05) is 19.4 Å². The molecule has 1 aromatic carbocycles. The maximum atomic E-state index is 12.2. The predicted molar refractivity (Wildman–Crippen MR) is 92.7 cm³/mol. The quantitative estimate of drug-likeness (QED) is 0.802. The predicted octanol–water partition coefficient (Wildman–Crippen LogP) is 1.92. The van der Waals surface area contributed by atoms with Crippen LogP contribution in [-0.2, 0) is 13.0 Å². The third kappa shape index (κ3) is 3.72. The molecular formula is C18H22N4O2. The summed E-state index contributed by atoms with van der Waals surface area (Å²) in [6, 6.07) is 10.8. The van der Waals surface area contributed by atoms with E-state index in [0.29, 0.717) is 12.2 Å². The Morgan fingerprint density at radius 2 is 2.12 bits per heavy atom. The first-order valence-corrected chi connectivity index (χ1v) is 7.96. The van der Waals surface area contributed by atoms with E-state index in [-0.39, 0.29) is 12.1 Å². The van der Waals surface area contributed by atoms with Crippen molar-refractivity contribution in [3.63, 3.8) is 0 Å². The summed E-state index contributed by atoms with van der Waals surface area (Å²) >= 11 is 0. The standard InChI is InChI=1S/C18H22N4O2/c1-22(2)11-12-7-8-19-16(9-12)21-18(24)20-15-10-13-5-3-4-6-14(13)17(15)23/h3-9,15,17,23H,10-11H2,1-2H3,(H2,19,20,21,24)/t15-,17-/m1/s1. The molecule has 3 N–H and O–H groups in total. The molecule has 126 valence electrons. The second kappa shape index (κ2) is 6.98. The molecule has 2 aromatic rings. The smallest absolute Gasteiger partial charge is 0.320 e. The molecule has 1 aliphatic carbocycles. The zero-order valence-electron chi connectivity index (χ0n) is 13.9. The van der Waals surface area contributed by atoms with E-state index in [2.05, 4.69) is 15.6 Å². The average Bonchev–Trinajstić information content (AvgIpc) is 2.83. The summed E-state index contributed by atoms with van der Waals surface area (Å²) in [6.07, 6.45) is 1.62. The van der Waals surface area contributed by atoms with E-state index in [9.17, 15) is 9.90 Å². The summed E-state index contributed by atoms with van der Waals surface area (Å²) in [5.74, 6) is 0.497. The molecule has 1 aromatic heterocycles. The Kier molecular flexibility index (Phi) is 4.78. The van der Waals surface area contributed by atoms with Crippen molar-refractivity contribution in [3.05, 3.63) is 59.3 Å². The lowest BCUT2D eigenvalue weighted by Gasteiger charge is -2.17. The zero-order chi connectivity index (χ0) is 17.1. The molecule has 0 spiro atoms. The van der Waals surface area contributed by atoms with Gasteiger partial charge in [0.1, 0.15) is 5.82 Å². The van der Waals surface area contributed by atoms with Crippen molar-refractivity contribution in [3.8, 4) is 0 Å². The maximum absolute atomic E-state index is 12.2. The summed E-state index contributed by atoms with van der Waals surface area (Å²) in [6.45, 7) is 0.773. The number of benzene rings is 1. The number of nitrogens with zero attached hydrogens (tertiary/aromatic N) is 2. The number of carbonyl (C=O) groups excluding carboxylic acids is 1. The maximum Gasteiger partial charge on any atom is 0.320 e. The van der Waals surface area contributed by atoms with Gasteiger partial charge in [-0.1, -0.05) is 24.3 Å².